The van der Waals surface area contributed by atoms with Crippen LogP contribution in [0.15, 0.2) is 52.9 Å². The van der Waals surface area contributed by atoms with E-state index in [1.165, 1.54) is 0 Å². The molecule has 0 atom stereocenters. The van der Waals surface area contributed by atoms with Gasteiger partial charge in [-0.2, -0.15) is 5.10 Å². The van der Waals surface area contributed by atoms with Gasteiger partial charge in [-0.3, -0.25) is 4.79 Å². The van der Waals surface area contributed by atoms with E-state index in [0.29, 0.717) is 18.2 Å². The number of benzene rings is 1. The van der Waals surface area contributed by atoms with Gasteiger partial charge in [-0.05, 0) is 29.0 Å². The summed E-state index contributed by atoms with van der Waals surface area (Å²) >= 11 is 1.64. The fourth-order valence-corrected chi connectivity index (χ4v) is 3.23. The van der Waals surface area contributed by atoms with Gasteiger partial charge in [-0.1, -0.05) is 44.2 Å². The van der Waals surface area contributed by atoms with E-state index in [4.69, 9.17) is 0 Å². The Bertz CT molecular complexity index is 830. The number of nitrogens with one attached hydrogen (secondary N) is 1. The van der Waals surface area contributed by atoms with Crippen LogP contribution in [0.5, 0.6) is 0 Å². The fourth-order valence-electron chi connectivity index (χ4n) is 2.40. The first-order valence-corrected chi connectivity index (χ1v) is 8.47. The molecule has 0 bridgehead atoms. The summed E-state index contributed by atoms with van der Waals surface area (Å²) in [4.78, 5) is 12.5. The topological polar surface area (TPSA) is 46.4 Å². The van der Waals surface area contributed by atoms with E-state index in [-0.39, 0.29) is 5.91 Å². The number of carbonyl (C=O) groups is 1. The summed E-state index contributed by atoms with van der Waals surface area (Å²) in [5.41, 5.74) is 5.50. The second-order valence-electron chi connectivity index (χ2n) is 5.73. The van der Waals surface area contributed by atoms with Gasteiger partial charge < -0.3 is 4.57 Å². The number of carbonyl (C=O) groups excluding carboxylic acids is 1. The lowest BCUT2D eigenvalue weighted by Crippen LogP contribution is -2.22. The van der Waals surface area contributed by atoms with Crippen LogP contribution in [0.2, 0.25) is 0 Å². The molecule has 23 heavy (non-hydrogen) atoms. The van der Waals surface area contributed by atoms with Crippen LogP contribution in [0.3, 0.4) is 0 Å². The van der Waals surface area contributed by atoms with Gasteiger partial charge in [0.25, 0.3) is 5.91 Å². The Morgan fingerprint density at radius 1 is 1.30 bits per heavy atom. The van der Waals surface area contributed by atoms with E-state index in [1.54, 1.807) is 17.6 Å². The highest BCUT2D eigenvalue weighted by Crippen LogP contribution is 2.26. The third kappa shape index (κ3) is 3.51. The molecule has 2 aromatic heterocycles. The van der Waals surface area contributed by atoms with Gasteiger partial charge in [0.1, 0.15) is 5.69 Å². The predicted molar refractivity (Wildman–Crippen MR) is 96.2 cm³/mol. The van der Waals surface area contributed by atoms with Crippen LogP contribution in [0.4, 0.5) is 0 Å². The molecule has 0 saturated heterocycles. The zero-order valence-electron chi connectivity index (χ0n) is 13.2. The minimum atomic E-state index is -0.179. The first-order valence-electron chi connectivity index (χ1n) is 7.59. The summed E-state index contributed by atoms with van der Waals surface area (Å²) in [7, 11) is 0. The Morgan fingerprint density at radius 2 is 2.09 bits per heavy atom. The van der Waals surface area contributed by atoms with Crippen LogP contribution in [-0.4, -0.2) is 16.7 Å². The number of nitrogens with zero attached hydrogens (tertiary/aromatic N) is 2. The highest BCUT2D eigenvalue weighted by molar-refractivity contribution is 7.17. The lowest BCUT2D eigenvalue weighted by Gasteiger charge is -2.09. The first kappa shape index (κ1) is 15.5. The van der Waals surface area contributed by atoms with Crippen molar-refractivity contribution in [1.29, 1.82) is 0 Å². The molecule has 3 aromatic rings. The van der Waals surface area contributed by atoms with Crippen LogP contribution in [-0.2, 0) is 6.54 Å². The van der Waals surface area contributed by atoms with Crippen molar-refractivity contribution in [2.75, 3.05) is 0 Å². The van der Waals surface area contributed by atoms with Gasteiger partial charge in [0, 0.05) is 12.8 Å². The van der Waals surface area contributed by atoms with Crippen LogP contribution in [0.25, 0.3) is 10.2 Å². The summed E-state index contributed by atoms with van der Waals surface area (Å²) in [6.07, 6.45) is 1.73. The summed E-state index contributed by atoms with van der Waals surface area (Å²) < 4.78 is 3.15. The summed E-state index contributed by atoms with van der Waals surface area (Å²) in [6.45, 7) is 4.70. The Balaban J connectivity index is 1.92. The molecule has 0 aliphatic rings. The van der Waals surface area contributed by atoms with E-state index in [0.717, 1.165) is 15.8 Å². The van der Waals surface area contributed by atoms with Crippen molar-refractivity contribution >= 4 is 33.7 Å². The number of fused-ring (bicyclic) bond motifs is 1. The molecule has 0 aliphatic heterocycles. The van der Waals surface area contributed by atoms with Gasteiger partial charge in [0.15, 0.2) is 0 Å². The molecule has 1 amide bonds. The van der Waals surface area contributed by atoms with E-state index >= 15 is 0 Å². The average molecular weight is 325 g/mol. The molecule has 1 N–H and O–H groups in total. The number of hydrogen-bond acceptors (Lipinski definition) is 3. The van der Waals surface area contributed by atoms with Crippen LogP contribution < -0.4 is 5.43 Å². The van der Waals surface area contributed by atoms with E-state index < -0.39 is 0 Å². The summed E-state index contributed by atoms with van der Waals surface area (Å²) in [5.74, 6) is 0.121. The van der Waals surface area contributed by atoms with Crippen molar-refractivity contribution in [2.45, 2.75) is 20.4 Å². The maximum atomic E-state index is 12.5. The third-order valence-corrected chi connectivity index (χ3v) is 4.33. The van der Waals surface area contributed by atoms with Crippen molar-refractivity contribution in [1.82, 2.24) is 9.99 Å². The van der Waals surface area contributed by atoms with Crippen LogP contribution in [0.1, 0.15) is 29.9 Å². The second-order valence-corrected chi connectivity index (χ2v) is 6.68. The van der Waals surface area contributed by atoms with Crippen molar-refractivity contribution in [3.63, 3.8) is 0 Å². The van der Waals surface area contributed by atoms with E-state index in [9.17, 15) is 4.79 Å². The SMILES string of the molecule is CC(C)/C=N/NC(=O)c1cc2sccc2n1Cc1ccccc1. The normalized spacial score (nSPS) is 11.6. The van der Waals surface area contributed by atoms with E-state index in [2.05, 4.69) is 28.7 Å². The molecule has 0 fully saturated rings. The molecule has 0 radical (unpaired) electrons. The molecule has 0 aliphatic carbocycles. The molecule has 2 heterocycles. The highest BCUT2D eigenvalue weighted by atomic mass is 32.1. The molecule has 0 spiro atoms. The Labute approximate surface area is 139 Å². The number of hydrazone groups is 1. The van der Waals surface area contributed by atoms with Gasteiger partial charge in [0.2, 0.25) is 0 Å². The number of rotatable bonds is 5. The molecule has 0 unspecified atom stereocenters. The van der Waals surface area contributed by atoms with Crippen molar-refractivity contribution in [3.8, 4) is 0 Å². The zero-order valence-corrected chi connectivity index (χ0v) is 14.0. The van der Waals surface area contributed by atoms with Crippen LogP contribution >= 0.6 is 11.3 Å². The lowest BCUT2D eigenvalue weighted by atomic mass is 10.2. The zero-order chi connectivity index (χ0) is 16.2. The first-order chi connectivity index (χ1) is 11.1. The van der Waals surface area contributed by atoms with Crippen molar-refractivity contribution in [3.05, 3.63) is 59.1 Å². The molecular formula is C18H19N3OS. The van der Waals surface area contributed by atoms with Crippen molar-refractivity contribution < 1.29 is 4.79 Å². The number of amides is 1. The third-order valence-electron chi connectivity index (χ3n) is 3.48. The maximum absolute atomic E-state index is 12.5. The van der Waals surface area contributed by atoms with Crippen molar-refractivity contribution in [2.24, 2.45) is 11.0 Å². The summed E-state index contributed by atoms with van der Waals surface area (Å²) in [5, 5.41) is 6.06. The maximum Gasteiger partial charge on any atom is 0.288 e. The number of thiophene rings is 1. The largest absolute Gasteiger partial charge is 0.331 e. The van der Waals surface area contributed by atoms with Crippen LogP contribution in [0, 0.1) is 5.92 Å². The number of hydrogen-bond donors (Lipinski definition) is 1. The standard InChI is InChI=1S/C18H19N3OS/c1-13(2)11-19-20-18(22)16-10-17-15(8-9-23-17)21(16)12-14-6-4-3-5-7-14/h3-11,13H,12H2,1-2H3,(H,20,22)/b19-11+. The quantitative estimate of drug-likeness (QED) is 0.556. The van der Waals surface area contributed by atoms with Gasteiger partial charge in [-0.25, -0.2) is 5.43 Å². The summed E-state index contributed by atoms with van der Waals surface area (Å²) in [6, 6.07) is 14.1. The monoisotopic (exact) mass is 325 g/mol. The molecule has 4 nitrogen and oxygen atoms in total. The van der Waals surface area contributed by atoms with Gasteiger partial charge >= 0.3 is 0 Å². The Hall–Kier alpha value is -2.40. The molecule has 118 valence electrons. The highest BCUT2D eigenvalue weighted by Gasteiger charge is 2.16. The predicted octanol–water partition coefficient (Wildman–Crippen LogP) is 4.12. The molecule has 0 saturated carbocycles. The minimum Gasteiger partial charge on any atom is -0.331 e. The fraction of sp³-hybridized carbons (Fsp3) is 0.222. The Kier molecular flexibility index (Phi) is 4.57. The number of aromatic nitrogens is 1. The molecule has 5 heteroatoms. The molecule has 1 aromatic carbocycles. The smallest absolute Gasteiger partial charge is 0.288 e. The lowest BCUT2D eigenvalue weighted by molar-refractivity contribution is 0.0946. The van der Waals surface area contributed by atoms with E-state index in [1.807, 2.05) is 48.1 Å². The molecular weight excluding hydrogens is 306 g/mol. The van der Waals surface area contributed by atoms with Gasteiger partial charge in [-0.15, -0.1) is 11.3 Å². The minimum absolute atomic E-state index is 0.179. The second kappa shape index (κ2) is 6.79. The molecule has 3 rings (SSSR count). The van der Waals surface area contributed by atoms with Gasteiger partial charge in [0.05, 0.1) is 10.2 Å². The Morgan fingerprint density at radius 3 is 2.83 bits per heavy atom. The average Bonchev–Trinajstić information content (AvgIpc) is 3.10.